The SMILES string of the molecule is CCOC(=O)Cc1cccc(S(=O)(=O)N2CCC(C(=O)O)C2)c1. The number of hydrogen-bond acceptors (Lipinski definition) is 5. The van der Waals surface area contributed by atoms with Crippen LogP contribution in [-0.4, -0.2) is 49.5 Å². The lowest BCUT2D eigenvalue weighted by Gasteiger charge is -2.16. The van der Waals surface area contributed by atoms with Crippen molar-refractivity contribution < 1.29 is 27.9 Å². The van der Waals surface area contributed by atoms with Crippen LogP contribution in [0.3, 0.4) is 0 Å². The molecule has 0 aromatic heterocycles. The van der Waals surface area contributed by atoms with Gasteiger partial charge in [-0.05, 0) is 31.0 Å². The molecule has 23 heavy (non-hydrogen) atoms. The van der Waals surface area contributed by atoms with Crippen molar-refractivity contribution in [2.24, 2.45) is 5.92 Å². The van der Waals surface area contributed by atoms with Crippen molar-refractivity contribution >= 4 is 22.0 Å². The number of carboxylic acids is 1. The lowest BCUT2D eigenvalue weighted by molar-refractivity contribution is -0.142. The first-order valence-electron chi connectivity index (χ1n) is 7.32. The summed E-state index contributed by atoms with van der Waals surface area (Å²) < 4.78 is 31.2. The Kier molecular flexibility index (Phi) is 5.38. The zero-order chi connectivity index (χ0) is 17.0. The van der Waals surface area contributed by atoms with E-state index in [1.54, 1.807) is 19.1 Å². The molecule has 0 amide bonds. The average Bonchev–Trinajstić information content (AvgIpc) is 2.98. The minimum Gasteiger partial charge on any atom is -0.481 e. The Balaban J connectivity index is 2.17. The molecule has 0 aliphatic carbocycles. The summed E-state index contributed by atoms with van der Waals surface area (Å²) in [6, 6.07) is 6.09. The van der Waals surface area contributed by atoms with Gasteiger partial charge in [0.05, 0.1) is 23.8 Å². The van der Waals surface area contributed by atoms with Crippen LogP contribution in [0.4, 0.5) is 0 Å². The number of carbonyl (C=O) groups is 2. The number of hydrogen-bond donors (Lipinski definition) is 1. The van der Waals surface area contributed by atoms with Gasteiger partial charge >= 0.3 is 11.9 Å². The fourth-order valence-electron chi connectivity index (χ4n) is 2.49. The highest BCUT2D eigenvalue weighted by Gasteiger charge is 2.35. The van der Waals surface area contributed by atoms with Crippen LogP contribution in [0.15, 0.2) is 29.2 Å². The van der Waals surface area contributed by atoms with Gasteiger partial charge in [0, 0.05) is 13.1 Å². The molecule has 1 unspecified atom stereocenters. The van der Waals surface area contributed by atoms with E-state index in [4.69, 9.17) is 9.84 Å². The van der Waals surface area contributed by atoms with Gasteiger partial charge in [-0.2, -0.15) is 4.31 Å². The van der Waals surface area contributed by atoms with Gasteiger partial charge in [-0.3, -0.25) is 9.59 Å². The van der Waals surface area contributed by atoms with Gasteiger partial charge in [0.1, 0.15) is 0 Å². The van der Waals surface area contributed by atoms with Crippen LogP contribution in [0, 0.1) is 5.92 Å². The molecule has 1 aromatic rings. The van der Waals surface area contributed by atoms with Crippen LogP contribution < -0.4 is 0 Å². The molecule has 0 saturated carbocycles. The van der Waals surface area contributed by atoms with E-state index in [0.717, 1.165) is 0 Å². The zero-order valence-electron chi connectivity index (χ0n) is 12.8. The monoisotopic (exact) mass is 341 g/mol. The summed E-state index contributed by atoms with van der Waals surface area (Å²) in [7, 11) is -3.76. The second-order valence-electron chi connectivity index (χ2n) is 5.32. The highest BCUT2D eigenvalue weighted by molar-refractivity contribution is 7.89. The van der Waals surface area contributed by atoms with Crippen molar-refractivity contribution in [3.63, 3.8) is 0 Å². The van der Waals surface area contributed by atoms with E-state index in [0.29, 0.717) is 12.0 Å². The smallest absolute Gasteiger partial charge is 0.310 e. The minimum absolute atomic E-state index is 0.00501. The fourth-order valence-corrected chi connectivity index (χ4v) is 4.06. The number of sulfonamides is 1. The molecule has 1 atom stereocenters. The van der Waals surface area contributed by atoms with E-state index in [1.807, 2.05) is 0 Å². The van der Waals surface area contributed by atoms with Crippen LogP contribution in [0.2, 0.25) is 0 Å². The predicted octanol–water partition coefficient (Wildman–Crippen LogP) is 0.887. The van der Waals surface area contributed by atoms with Gasteiger partial charge in [0.15, 0.2) is 0 Å². The molecule has 1 fully saturated rings. The van der Waals surface area contributed by atoms with Crippen LogP contribution in [0.5, 0.6) is 0 Å². The highest BCUT2D eigenvalue weighted by atomic mass is 32.2. The average molecular weight is 341 g/mol. The molecule has 0 bridgehead atoms. The third kappa shape index (κ3) is 4.08. The summed E-state index contributed by atoms with van der Waals surface area (Å²) in [6.45, 7) is 2.12. The third-order valence-corrected chi connectivity index (χ3v) is 5.55. The molecule has 1 heterocycles. The summed E-state index contributed by atoms with van der Waals surface area (Å²) in [5.41, 5.74) is 0.540. The number of carboxylic acid groups (broad SMARTS) is 1. The van der Waals surface area contributed by atoms with Gasteiger partial charge in [0.2, 0.25) is 10.0 Å². The highest BCUT2D eigenvalue weighted by Crippen LogP contribution is 2.25. The summed E-state index contributed by atoms with van der Waals surface area (Å²) in [4.78, 5) is 22.5. The molecule has 0 spiro atoms. The molecule has 1 aromatic carbocycles. The number of benzene rings is 1. The molecule has 7 nitrogen and oxygen atoms in total. The van der Waals surface area contributed by atoms with Gasteiger partial charge in [-0.1, -0.05) is 12.1 Å². The van der Waals surface area contributed by atoms with E-state index in [9.17, 15) is 18.0 Å². The first-order chi connectivity index (χ1) is 10.8. The molecule has 0 radical (unpaired) electrons. The van der Waals surface area contributed by atoms with Crippen LogP contribution >= 0.6 is 0 Å². The normalized spacial score (nSPS) is 18.7. The molecule has 2 rings (SSSR count). The number of ether oxygens (including phenoxy) is 1. The Bertz CT molecular complexity index is 700. The van der Waals surface area contributed by atoms with Gasteiger partial charge in [0.25, 0.3) is 0 Å². The Morgan fingerprint density at radius 2 is 2.13 bits per heavy atom. The Morgan fingerprint density at radius 1 is 1.39 bits per heavy atom. The second-order valence-corrected chi connectivity index (χ2v) is 7.25. The maximum atomic E-state index is 12.6. The predicted molar refractivity (Wildman–Crippen MR) is 81.3 cm³/mol. The molecule has 1 aliphatic heterocycles. The standard InChI is InChI=1S/C15H19NO6S/c1-2-22-14(17)9-11-4-3-5-13(8-11)23(20,21)16-7-6-12(10-16)15(18)19/h3-5,8,12H,2,6-7,9-10H2,1H3,(H,18,19). The maximum Gasteiger partial charge on any atom is 0.310 e. The van der Waals surface area contributed by atoms with E-state index >= 15 is 0 Å². The zero-order valence-corrected chi connectivity index (χ0v) is 13.6. The molecular weight excluding hydrogens is 322 g/mol. The van der Waals surface area contributed by atoms with Crippen molar-refractivity contribution in [3.05, 3.63) is 29.8 Å². The van der Waals surface area contributed by atoms with Crippen molar-refractivity contribution in [2.45, 2.75) is 24.7 Å². The van der Waals surface area contributed by atoms with Crippen molar-refractivity contribution in [3.8, 4) is 0 Å². The summed E-state index contributed by atoms with van der Waals surface area (Å²) >= 11 is 0. The van der Waals surface area contributed by atoms with E-state index in [-0.39, 0.29) is 31.0 Å². The lowest BCUT2D eigenvalue weighted by atomic mass is 10.1. The second kappa shape index (κ2) is 7.10. The summed E-state index contributed by atoms with van der Waals surface area (Å²) in [5, 5.41) is 8.99. The topological polar surface area (TPSA) is 101 Å². The van der Waals surface area contributed by atoms with Crippen LogP contribution in [-0.2, 0) is 30.8 Å². The number of nitrogens with zero attached hydrogens (tertiary/aromatic N) is 1. The first kappa shape index (κ1) is 17.4. The largest absolute Gasteiger partial charge is 0.481 e. The van der Waals surface area contributed by atoms with Gasteiger partial charge < -0.3 is 9.84 Å². The molecule has 8 heteroatoms. The van der Waals surface area contributed by atoms with Crippen molar-refractivity contribution in [2.75, 3.05) is 19.7 Å². The number of carbonyl (C=O) groups excluding carboxylic acids is 1. The summed E-state index contributed by atoms with van der Waals surface area (Å²) in [5.74, 6) is -2.08. The van der Waals surface area contributed by atoms with E-state index < -0.39 is 27.9 Å². The van der Waals surface area contributed by atoms with Crippen LogP contribution in [0.25, 0.3) is 0 Å². The van der Waals surface area contributed by atoms with Crippen LogP contribution in [0.1, 0.15) is 18.9 Å². The van der Waals surface area contributed by atoms with E-state index in [2.05, 4.69) is 0 Å². The Labute approximate surface area is 134 Å². The Hall–Kier alpha value is -1.93. The van der Waals surface area contributed by atoms with Crippen molar-refractivity contribution in [1.82, 2.24) is 4.31 Å². The minimum atomic E-state index is -3.76. The quantitative estimate of drug-likeness (QED) is 0.771. The lowest BCUT2D eigenvalue weighted by Crippen LogP contribution is -2.30. The fraction of sp³-hybridized carbons (Fsp3) is 0.467. The van der Waals surface area contributed by atoms with Gasteiger partial charge in [-0.25, -0.2) is 8.42 Å². The van der Waals surface area contributed by atoms with E-state index in [1.165, 1.54) is 16.4 Å². The molecule has 1 aliphatic rings. The van der Waals surface area contributed by atoms with Crippen molar-refractivity contribution in [1.29, 1.82) is 0 Å². The third-order valence-electron chi connectivity index (χ3n) is 3.69. The molecular formula is C15H19NO6S. The Morgan fingerprint density at radius 3 is 2.74 bits per heavy atom. The van der Waals surface area contributed by atoms with Gasteiger partial charge in [-0.15, -0.1) is 0 Å². The maximum absolute atomic E-state index is 12.6. The first-order valence-corrected chi connectivity index (χ1v) is 8.76. The number of esters is 1. The summed E-state index contributed by atoms with van der Waals surface area (Å²) in [6.07, 6.45) is 0.298. The molecule has 1 N–H and O–H groups in total. The molecule has 1 saturated heterocycles. The number of rotatable bonds is 6. The number of aliphatic carboxylic acids is 1. The molecule has 126 valence electrons.